The number of para-hydroxylation sites is 1. The zero-order valence-electron chi connectivity index (χ0n) is 16.6. The van der Waals surface area contributed by atoms with Crippen molar-refractivity contribution in [2.24, 2.45) is 0 Å². The van der Waals surface area contributed by atoms with E-state index in [2.05, 4.69) is 15.1 Å². The van der Waals surface area contributed by atoms with E-state index in [0.29, 0.717) is 43.4 Å². The van der Waals surface area contributed by atoms with Gasteiger partial charge in [0.15, 0.2) is 5.82 Å². The summed E-state index contributed by atoms with van der Waals surface area (Å²) < 4.78 is 39.4. The lowest BCUT2D eigenvalue weighted by Gasteiger charge is -2.32. The van der Waals surface area contributed by atoms with Crippen LogP contribution in [0.1, 0.15) is 43.3 Å². The van der Waals surface area contributed by atoms with Gasteiger partial charge in [0, 0.05) is 37.0 Å². The van der Waals surface area contributed by atoms with Crippen LogP contribution in [0.4, 0.5) is 0 Å². The molecule has 0 spiro atoms. The van der Waals surface area contributed by atoms with E-state index in [-0.39, 0.29) is 11.0 Å². The van der Waals surface area contributed by atoms with Gasteiger partial charge in [-0.3, -0.25) is 4.98 Å². The summed E-state index contributed by atoms with van der Waals surface area (Å²) in [5.74, 6) is 1.82. The Kier molecular flexibility index (Phi) is 5.26. The molecule has 1 aromatic carbocycles. The predicted molar refractivity (Wildman–Crippen MR) is 109 cm³/mol. The van der Waals surface area contributed by atoms with E-state index in [1.54, 1.807) is 24.4 Å². The molecular formula is C21H24N4O4S. The number of hydrogen-bond donors (Lipinski definition) is 0. The van der Waals surface area contributed by atoms with Crippen molar-refractivity contribution in [3.8, 4) is 0 Å². The van der Waals surface area contributed by atoms with Crippen molar-refractivity contribution in [2.75, 3.05) is 19.7 Å². The van der Waals surface area contributed by atoms with E-state index < -0.39 is 10.0 Å². The molecule has 1 atom stereocenters. The van der Waals surface area contributed by atoms with Crippen LogP contribution in [0.2, 0.25) is 0 Å². The van der Waals surface area contributed by atoms with Crippen molar-refractivity contribution in [1.29, 1.82) is 0 Å². The van der Waals surface area contributed by atoms with E-state index in [4.69, 9.17) is 9.26 Å². The minimum Gasteiger partial charge on any atom is -0.376 e. The molecule has 0 bridgehead atoms. The average molecular weight is 429 g/mol. The number of pyridine rings is 1. The first kappa shape index (κ1) is 19.6. The third-order valence-corrected chi connectivity index (χ3v) is 7.54. The number of ether oxygens (including phenoxy) is 1. The molecule has 1 saturated heterocycles. The van der Waals surface area contributed by atoms with Crippen LogP contribution < -0.4 is 0 Å². The summed E-state index contributed by atoms with van der Waals surface area (Å²) in [7, 11) is -3.65. The Morgan fingerprint density at radius 3 is 2.90 bits per heavy atom. The van der Waals surface area contributed by atoms with Crippen LogP contribution in [0, 0.1) is 0 Å². The highest BCUT2D eigenvalue weighted by molar-refractivity contribution is 7.89. The average Bonchev–Trinajstić information content (AvgIpc) is 3.52. The number of hydrogen-bond acceptors (Lipinski definition) is 7. The highest BCUT2D eigenvalue weighted by atomic mass is 32.2. The van der Waals surface area contributed by atoms with Gasteiger partial charge < -0.3 is 9.26 Å². The van der Waals surface area contributed by atoms with Gasteiger partial charge in [-0.05, 0) is 37.8 Å². The molecule has 1 aliphatic carbocycles. The second kappa shape index (κ2) is 8.05. The summed E-state index contributed by atoms with van der Waals surface area (Å²) in [5.41, 5.74) is 0.506. The number of aromatic nitrogens is 3. The molecule has 2 fully saturated rings. The third-order valence-electron chi connectivity index (χ3n) is 5.64. The van der Waals surface area contributed by atoms with Crippen molar-refractivity contribution in [1.82, 2.24) is 19.4 Å². The van der Waals surface area contributed by atoms with Gasteiger partial charge in [-0.2, -0.15) is 9.29 Å². The lowest BCUT2D eigenvalue weighted by molar-refractivity contribution is 0.0199. The highest BCUT2D eigenvalue weighted by Gasteiger charge is 2.32. The molecule has 1 saturated carbocycles. The second-order valence-corrected chi connectivity index (χ2v) is 9.81. The van der Waals surface area contributed by atoms with Gasteiger partial charge >= 0.3 is 0 Å². The number of benzene rings is 1. The first-order valence-electron chi connectivity index (χ1n) is 10.4. The van der Waals surface area contributed by atoms with E-state index in [1.807, 2.05) is 12.1 Å². The Balaban J connectivity index is 1.24. The molecule has 3 aromatic rings. The first-order valence-corrected chi connectivity index (χ1v) is 11.8. The molecule has 1 unspecified atom stereocenters. The summed E-state index contributed by atoms with van der Waals surface area (Å²) >= 11 is 0. The van der Waals surface area contributed by atoms with Crippen LogP contribution in [-0.4, -0.2) is 53.6 Å². The maximum atomic E-state index is 13.3. The molecule has 158 valence electrons. The van der Waals surface area contributed by atoms with E-state index in [9.17, 15) is 8.42 Å². The summed E-state index contributed by atoms with van der Waals surface area (Å²) in [6.45, 7) is 1.27. The number of piperidine rings is 1. The third kappa shape index (κ3) is 3.97. The molecule has 2 aromatic heterocycles. The molecule has 30 heavy (non-hydrogen) atoms. The minimum atomic E-state index is -3.65. The lowest BCUT2D eigenvalue weighted by Crippen LogP contribution is -2.43. The Labute approximate surface area is 175 Å². The number of sulfonamides is 1. The van der Waals surface area contributed by atoms with Crippen LogP contribution in [0.5, 0.6) is 0 Å². The Morgan fingerprint density at radius 1 is 1.17 bits per heavy atom. The van der Waals surface area contributed by atoms with Crippen LogP contribution >= 0.6 is 0 Å². The van der Waals surface area contributed by atoms with Crippen LogP contribution in [0.15, 0.2) is 45.9 Å². The van der Waals surface area contributed by atoms with Gasteiger partial charge in [0.05, 0.1) is 18.2 Å². The van der Waals surface area contributed by atoms with Crippen molar-refractivity contribution >= 4 is 20.9 Å². The largest absolute Gasteiger partial charge is 0.376 e. The zero-order valence-corrected chi connectivity index (χ0v) is 17.4. The van der Waals surface area contributed by atoms with Crippen LogP contribution in [0.25, 0.3) is 10.9 Å². The Morgan fingerprint density at radius 2 is 2.03 bits per heavy atom. The predicted octanol–water partition coefficient (Wildman–Crippen LogP) is 2.91. The Bertz CT molecular complexity index is 1140. The molecular weight excluding hydrogens is 404 g/mol. The molecule has 3 heterocycles. The fraction of sp³-hybridized carbons (Fsp3) is 0.476. The standard InChI is InChI=1S/C21H24N4O4S/c26-30(27,18-7-1-4-15-5-2-11-22-20(15)18)25-12-3-6-17(14-25)28-13-10-19-23-21(29-24-19)16-8-9-16/h1-2,4-5,7,11,16-17H,3,6,8-10,12-14H2. The van der Waals surface area contributed by atoms with Gasteiger partial charge in [0.2, 0.25) is 15.9 Å². The van der Waals surface area contributed by atoms with E-state index >= 15 is 0 Å². The molecule has 0 N–H and O–H groups in total. The highest BCUT2D eigenvalue weighted by Crippen LogP contribution is 2.38. The van der Waals surface area contributed by atoms with Crippen molar-refractivity contribution in [3.63, 3.8) is 0 Å². The normalized spacial score (nSPS) is 20.6. The summed E-state index contributed by atoms with van der Waals surface area (Å²) in [5, 5.41) is 4.82. The number of fused-ring (bicyclic) bond motifs is 1. The second-order valence-electron chi connectivity index (χ2n) is 7.90. The van der Waals surface area contributed by atoms with Gasteiger partial charge in [0.25, 0.3) is 0 Å². The van der Waals surface area contributed by atoms with E-state index in [1.165, 1.54) is 4.31 Å². The van der Waals surface area contributed by atoms with Crippen molar-refractivity contribution in [3.05, 3.63) is 48.2 Å². The monoisotopic (exact) mass is 428 g/mol. The summed E-state index contributed by atoms with van der Waals surface area (Å²) in [4.78, 5) is 8.96. The number of nitrogens with zero attached hydrogens (tertiary/aromatic N) is 4. The lowest BCUT2D eigenvalue weighted by atomic mass is 10.1. The van der Waals surface area contributed by atoms with E-state index in [0.717, 1.165) is 37.0 Å². The molecule has 5 rings (SSSR count). The molecule has 0 radical (unpaired) electrons. The first-order chi connectivity index (χ1) is 14.6. The van der Waals surface area contributed by atoms with Gasteiger partial charge in [-0.15, -0.1) is 0 Å². The van der Waals surface area contributed by atoms with Crippen molar-refractivity contribution < 1.29 is 17.7 Å². The maximum absolute atomic E-state index is 13.3. The Hall–Kier alpha value is -2.36. The van der Waals surface area contributed by atoms with Gasteiger partial charge in [-0.25, -0.2) is 8.42 Å². The SMILES string of the molecule is O=S(=O)(c1cccc2cccnc12)N1CCCC(OCCc2noc(C3CC3)n2)C1. The maximum Gasteiger partial charge on any atom is 0.245 e. The summed E-state index contributed by atoms with van der Waals surface area (Å²) in [6.07, 6.45) is 5.87. The smallest absolute Gasteiger partial charge is 0.245 e. The fourth-order valence-electron chi connectivity index (χ4n) is 3.86. The fourth-order valence-corrected chi connectivity index (χ4v) is 5.54. The van der Waals surface area contributed by atoms with Crippen LogP contribution in [0.3, 0.4) is 0 Å². The minimum absolute atomic E-state index is 0.147. The molecule has 2 aliphatic rings. The molecule has 9 heteroatoms. The topological polar surface area (TPSA) is 98.4 Å². The van der Waals surface area contributed by atoms with Crippen LogP contribution in [-0.2, 0) is 21.2 Å². The quantitative estimate of drug-likeness (QED) is 0.570. The zero-order chi connectivity index (χ0) is 20.6. The molecule has 0 amide bonds. The van der Waals surface area contributed by atoms with Gasteiger partial charge in [0.1, 0.15) is 4.90 Å². The number of rotatable bonds is 7. The van der Waals surface area contributed by atoms with Gasteiger partial charge in [-0.1, -0.05) is 23.4 Å². The van der Waals surface area contributed by atoms with Crippen molar-refractivity contribution in [2.45, 2.75) is 49.0 Å². The summed E-state index contributed by atoms with van der Waals surface area (Å²) in [6, 6.07) is 8.94. The molecule has 8 nitrogen and oxygen atoms in total. The molecule has 1 aliphatic heterocycles.